The number of aliphatic hydroxyl groups is 1. The van der Waals surface area contributed by atoms with Crippen LogP contribution in [0, 0.1) is 5.92 Å². The van der Waals surface area contributed by atoms with E-state index in [9.17, 15) is 27.9 Å². The Bertz CT molecular complexity index is 892. The third-order valence-electron chi connectivity index (χ3n) is 4.55. The molecule has 3 atom stereocenters. The molecule has 1 heterocycles. The highest BCUT2D eigenvalue weighted by Gasteiger charge is 2.53. The van der Waals surface area contributed by atoms with E-state index in [1.165, 1.54) is 24.3 Å². The molecule has 0 aromatic heterocycles. The van der Waals surface area contributed by atoms with Gasteiger partial charge >= 0.3 is 18.2 Å². The number of rotatable bonds is 6. The molecule has 1 fully saturated rings. The van der Waals surface area contributed by atoms with E-state index in [4.69, 9.17) is 21.2 Å². The molecule has 0 bridgehead atoms. The van der Waals surface area contributed by atoms with Crippen molar-refractivity contribution in [2.45, 2.75) is 24.7 Å². The molecule has 1 aliphatic rings. The lowest BCUT2D eigenvalue weighted by Crippen LogP contribution is -2.43. The van der Waals surface area contributed by atoms with Crippen molar-refractivity contribution < 1.29 is 37.4 Å². The Morgan fingerprint density at radius 3 is 2.43 bits per heavy atom. The van der Waals surface area contributed by atoms with Gasteiger partial charge in [-0.15, -0.1) is 5.06 Å². The molecule has 0 spiro atoms. The van der Waals surface area contributed by atoms with Crippen LogP contribution >= 0.6 is 11.6 Å². The van der Waals surface area contributed by atoms with E-state index in [1.54, 1.807) is 30.3 Å². The van der Waals surface area contributed by atoms with Crippen LogP contribution in [-0.4, -0.2) is 41.1 Å². The minimum atomic E-state index is -5.13. The Kier molecular flexibility index (Phi) is 6.52. The van der Waals surface area contributed by atoms with Gasteiger partial charge in [-0.1, -0.05) is 54.1 Å². The zero-order valence-electron chi connectivity index (χ0n) is 15.4. The first kappa shape index (κ1) is 21.9. The summed E-state index contributed by atoms with van der Waals surface area (Å²) in [5, 5.41) is 11.0. The molecule has 0 radical (unpaired) electrons. The summed E-state index contributed by atoms with van der Waals surface area (Å²) < 4.78 is 45.6. The molecule has 160 valence electrons. The highest BCUT2D eigenvalue weighted by molar-refractivity contribution is 6.30. The van der Waals surface area contributed by atoms with Gasteiger partial charge in [-0.3, -0.25) is 0 Å². The van der Waals surface area contributed by atoms with E-state index in [-0.39, 0.29) is 23.6 Å². The monoisotopic (exact) mass is 443 g/mol. The van der Waals surface area contributed by atoms with Crippen molar-refractivity contribution >= 4 is 23.7 Å². The largest absolute Gasteiger partial charge is 0.445 e. The fourth-order valence-corrected chi connectivity index (χ4v) is 3.16. The van der Waals surface area contributed by atoms with Crippen LogP contribution in [-0.2, 0) is 20.8 Å². The highest BCUT2D eigenvalue weighted by atomic mass is 35.5. The van der Waals surface area contributed by atoms with Gasteiger partial charge in [-0.2, -0.15) is 13.2 Å². The lowest BCUT2D eigenvalue weighted by Gasteiger charge is -2.27. The van der Waals surface area contributed by atoms with Crippen molar-refractivity contribution in [2.75, 3.05) is 6.61 Å². The fraction of sp³-hybridized carbons (Fsp3) is 0.300. The zero-order chi connectivity index (χ0) is 21.9. The van der Waals surface area contributed by atoms with E-state index in [0.717, 1.165) is 5.56 Å². The van der Waals surface area contributed by atoms with Crippen LogP contribution in [0.4, 0.5) is 18.0 Å². The summed E-state index contributed by atoms with van der Waals surface area (Å²) in [5.74, 6) is -4.73. The lowest BCUT2D eigenvalue weighted by atomic mass is 9.95. The Morgan fingerprint density at radius 2 is 1.83 bits per heavy atom. The molecule has 30 heavy (non-hydrogen) atoms. The number of cyclic esters (lactones) is 1. The van der Waals surface area contributed by atoms with Crippen LogP contribution in [0.1, 0.15) is 17.2 Å². The quantitative estimate of drug-likeness (QED) is 0.728. The summed E-state index contributed by atoms with van der Waals surface area (Å²) in [6, 6.07) is 12.9. The number of nitrogens with zero attached hydrogens (tertiary/aromatic N) is 1. The molecule has 1 N–H and O–H groups in total. The third-order valence-corrected chi connectivity index (χ3v) is 4.80. The van der Waals surface area contributed by atoms with Gasteiger partial charge in [0.15, 0.2) is 5.92 Å². The molecule has 1 amide bonds. The molecule has 0 unspecified atom stereocenters. The predicted octanol–water partition coefficient (Wildman–Crippen LogP) is 4.07. The molecule has 10 heteroatoms. The van der Waals surface area contributed by atoms with Crippen LogP contribution in [0.2, 0.25) is 5.02 Å². The Hall–Kier alpha value is -2.78. The SMILES string of the molecule is O=C(ON1C(=O)OC[C@@H]1Cc1ccccc1)[C@@H]([C@H](O)c1ccc(Cl)cc1)C(F)(F)F. The van der Waals surface area contributed by atoms with Crippen molar-refractivity contribution in [3.63, 3.8) is 0 Å². The number of hydrogen-bond donors (Lipinski definition) is 1. The average molecular weight is 444 g/mol. The second-order valence-electron chi connectivity index (χ2n) is 6.67. The smallest absolute Gasteiger partial charge is 0.443 e. The van der Waals surface area contributed by atoms with Crippen LogP contribution in [0.15, 0.2) is 54.6 Å². The molecular formula is C20H17ClF3NO5. The fourth-order valence-electron chi connectivity index (χ4n) is 3.04. The van der Waals surface area contributed by atoms with Crippen molar-refractivity contribution in [3.8, 4) is 0 Å². The Balaban J connectivity index is 1.78. The van der Waals surface area contributed by atoms with Gasteiger partial charge in [-0.25, -0.2) is 9.59 Å². The second-order valence-corrected chi connectivity index (χ2v) is 7.11. The first-order valence-corrected chi connectivity index (χ1v) is 9.26. The van der Waals surface area contributed by atoms with E-state index in [0.29, 0.717) is 5.06 Å². The number of hydrogen-bond acceptors (Lipinski definition) is 5. The molecule has 3 rings (SSSR count). The molecule has 2 aromatic carbocycles. The van der Waals surface area contributed by atoms with Gasteiger partial charge in [0.1, 0.15) is 18.8 Å². The zero-order valence-corrected chi connectivity index (χ0v) is 16.1. The summed E-state index contributed by atoms with van der Waals surface area (Å²) in [6.45, 7) is -0.155. The predicted molar refractivity (Wildman–Crippen MR) is 99.2 cm³/mol. The minimum Gasteiger partial charge on any atom is -0.445 e. The number of carbonyl (C=O) groups is 2. The van der Waals surface area contributed by atoms with E-state index >= 15 is 0 Å². The molecule has 2 aromatic rings. The first-order chi connectivity index (χ1) is 14.2. The highest BCUT2D eigenvalue weighted by Crippen LogP contribution is 2.38. The van der Waals surface area contributed by atoms with Gasteiger partial charge in [-0.05, 0) is 29.7 Å². The second kappa shape index (κ2) is 8.93. The summed E-state index contributed by atoms with van der Waals surface area (Å²) in [5.41, 5.74) is 0.596. The summed E-state index contributed by atoms with van der Waals surface area (Å²) >= 11 is 5.71. The number of alkyl halides is 3. The molecule has 1 aliphatic heterocycles. The van der Waals surface area contributed by atoms with Gasteiger partial charge < -0.3 is 14.7 Å². The maximum Gasteiger partial charge on any atom is 0.443 e. The number of hydroxylamine groups is 2. The number of halogens is 4. The van der Waals surface area contributed by atoms with Crippen LogP contribution < -0.4 is 0 Å². The summed E-state index contributed by atoms with van der Waals surface area (Å²) in [6.07, 6.45) is -8.25. The van der Waals surface area contributed by atoms with Crippen molar-refractivity contribution in [1.82, 2.24) is 5.06 Å². The number of amides is 1. The van der Waals surface area contributed by atoms with Gasteiger partial charge in [0.2, 0.25) is 0 Å². The summed E-state index contributed by atoms with van der Waals surface area (Å²) in [4.78, 5) is 29.1. The molecule has 0 saturated carbocycles. The number of benzene rings is 2. The number of aliphatic hydroxyl groups excluding tert-OH is 1. The van der Waals surface area contributed by atoms with Crippen LogP contribution in [0.3, 0.4) is 0 Å². The van der Waals surface area contributed by atoms with E-state index in [1.807, 2.05) is 0 Å². The number of ether oxygens (including phenoxy) is 1. The molecule has 1 saturated heterocycles. The summed E-state index contributed by atoms with van der Waals surface area (Å²) in [7, 11) is 0. The first-order valence-electron chi connectivity index (χ1n) is 8.89. The molecule has 6 nitrogen and oxygen atoms in total. The molecular weight excluding hydrogens is 427 g/mol. The Morgan fingerprint density at radius 1 is 1.20 bits per heavy atom. The van der Waals surface area contributed by atoms with E-state index < -0.39 is 36.3 Å². The van der Waals surface area contributed by atoms with Gasteiger partial charge in [0.05, 0.1) is 0 Å². The topological polar surface area (TPSA) is 76.1 Å². The van der Waals surface area contributed by atoms with Gasteiger partial charge in [0.25, 0.3) is 0 Å². The normalized spacial score (nSPS) is 18.6. The minimum absolute atomic E-state index is 0.155. The Labute approximate surface area is 174 Å². The maximum absolute atomic E-state index is 13.6. The average Bonchev–Trinajstić information content (AvgIpc) is 3.01. The standard InChI is InChI=1S/C20H17ClF3NO5/c21-14-8-6-13(7-9-14)17(26)16(20(22,23)24)18(27)30-25-15(11-29-19(25)28)10-12-4-2-1-3-5-12/h1-9,15-17,26H,10-11H2/t15-,16+,17+/m0/s1. The lowest BCUT2D eigenvalue weighted by molar-refractivity contribution is -0.235. The van der Waals surface area contributed by atoms with E-state index in [2.05, 4.69) is 0 Å². The van der Waals surface area contributed by atoms with Crippen molar-refractivity contribution in [2.24, 2.45) is 5.92 Å². The van der Waals surface area contributed by atoms with Gasteiger partial charge in [0, 0.05) is 5.02 Å². The third kappa shape index (κ3) is 5.03. The number of carbonyl (C=O) groups excluding carboxylic acids is 2. The van der Waals surface area contributed by atoms with Crippen molar-refractivity contribution in [3.05, 3.63) is 70.7 Å². The van der Waals surface area contributed by atoms with Crippen LogP contribution in [0.5, 0.6) is 0 Å². The van der Waals surface area contributed by atoms with Crippen molar-refractivity contribution in [1.29, 1.82) is 0 Å². The maximum atomic E-state index is 13.6. The molecule has 0 aliphatic carbocycles. The van der Waals surface area contributed by atoms with Crippen LogP contribution in [0.25, 0.3) is 0 Å².